The predicted molar refractivity (Wildman–Crippen MR) is 97.2 cm³/mol. The molecule has 1 N–H and O–H groups in total. The number of thiophene rings is 1. The molecule has 0 fully saturated rings. The van der Waals surface area contributed by atoms with Gasteiger partial charge < -0.3 is 15.0 Å². The highest BCUT2D eigenvalue weighted by Gasteiger charge is 2.14. The molecule has 0 saturated heterocycles. The van der Waals surface area contributed by atoms with E-state index in [1.165, 1.54) is 13.0 Å². The zero-order valence-corrected chi connectivity index (χ0v) is 15.2. The predicted octanol–water partition coefficient (Wildman–Crippen LogP) is 2.49. The average Bonchev–Trinajstić information content (AvgIpc) is 3.08. The second-order valence-electron chi connectivity index (χ2n) is 5.63. The molecular formula is C18H20N2O4S. The number of nitrogens with zero attached hydrogens (tertiary/aromatic N) is 1. The number of ether oxygens (including phenoxy) is 1. The van der Waals surface area contributed by atoms with E-state index in [2.05, 4.69) is 5.32 Å². The third-order valence-electron chi connectivity index (χ3n) is 3.43. The first-order valence-electron chi connectivity index (χ1n) is 7.67. The van der Waals surface area contributed by atoms with Gasteiger partial charge >= 0.3 is 5.97 Å². The van der Waals surface area contributed by atoms with E-state index >= 15 is 0 Å². The summed E-state index contributed by atoms with van der Waals surface area (Å²) in [6.45, 7) is 1.43. The van der Waals surface area contributed by atoms with E-state index in [9.17, 15) is 14.4 Å². The molecule has 0 aliphatic rings. The van der Waals surface area contributed by atoms with Crippen molar-refractivity contribution in [3.8, 4) is 0 Å². The number of nitrogens with one attached hydrogen (secondary N) is 1. The lowest BCUT2D eigenvalue weighted by Crippen LogP contribution is -2.28. The number of hydrogen-bond acceptors (Lipinski definition) is 6. The standard InChI is InChI=1S/C18H20N2O4S/c1-12(21)15-8-9-16(25-15)18(23)24-11-17(22)19-10-13-4-6-14(7-5-13)20(2)3/h4-9H,10-11H2,1-3H3,(H,19,22). The van der Waals surface area contributed by atoms with Gasteiger partial charge in [-0.25, -0.2) is 4.79 Å². The van der Waals surface area contributed by atoms with Crippen LogP contribution in [0.15, 0.2) is 36.4 Å². The molecule has 25 heavy (non-hydrogen) atoms. The molecule has 2 aromatic rings. The van der Waals surface area contributed by atoms with Crippen molar-refractivity contribution in [1.82, 2.24) is 5.32 Å². The number of carbonyl (C=O) groups is 3. The molecule has 6 nitrogen and oxygen atoms in total. The molecule has 1 heterocycles. The Hall–Kier alpha value is -2.67. The molecule has 7 heteroatoms. The minimum Gasteiger partial charge on any atom is -0.451 e. The van der Waals surface area contributed by atoms with Gasteiger partial charge in [-0.2, -0.15) is 0 Å². The third kappa shape index (κ3) is 5.42. The molecule has 0 bridgehead atoms. The Bertz CT molecular complexity index is 766. The molecule has 0 aliphatic heterocycles. The van der Waals surface area contributed by atoms with E-state index in [0.29, 0.717) is 16.3 Å². The van der Waals surface area contributed by atoms with Crippen LogP contribution in [0.2, 0.25) is 0 Å². The van der Waals surface area contributed by atoms with E-state index in [-0.39, 0.29) is 18.3 Å². The van der Waals surface area contributed by atoms with Crippen molar-refractivity contribution < 1.29 is 19.1 Å². The van der Waals surface area contributed by atoms with Crippen LogP contribution >= 0.6 is 11.3 Å². The van der Waals surface area contributed by atoms with Crippen molar-refractivity contribution in [3.63, 3.8) is 0 Å². The van der Waals surface area contributed by atoms with Crippen molar-refractivity contribution >= 4 is 34.7 Å². The van der Waals surface area contributed by atoms with Crippen LogP contribution in [0.5, 0.6) is 0 Å². The van der Waals surface area contributed by atoms with Crippen LogP contribution in [0, 0.1) is 0 Å². The first kappa shape index (κ1) is 18.7. The molecule has 0 atom stereocenters. The fourth-order valence-electron chi connectivity index (χ4n) is 2.00. The van der Waals surface area contributed by atoms with Crippen molar-refractivity contribution in [2.75, 3.05) is 25.6 Å². The highest BCUT2D eigenvalue weighted by Crippen LogP contribution is 2.17. The Balaban J connectivity index is 1.78. The quantitative estimate of drug-likeness (QED) is 0.606. The molecule has 0 aliphatic carbocycles. The summed E-state index contributed by atoms with van der Waals surface area (Å²) >= 11 is 1.05. The average molecular weight is 360 g/mol. The molecule has 0 saturated carbocycles. The molecule has 0 unspecified atom stereocenters. The van der Waals surface area contributed by atoms with E-state index < -0.39 is 5.97 Å². The molecule has 0 radical (unpaired) electrons. The van der Waals surface area contributed by atoms with Crippen LogP contribution in [-0.4, -0.2) is 38.4 Å². The fraction of sp³-hybridized carbons (Fsp3) is 0.278. The summed E-state index contributed by atoms with van der Waals surface area (Å²) in [5, 5.41) is 2.70. The summed E-state index contributed by atoms with van der Waals surface area (Å²) < 4.78 is 4.96. The Labute approximate surface area is 150 Å². The van der Waals surface area contributed by atoms with Crippen LogP contribution < -0.4 is 10.2 Å². The van der Waals surface area contributed by atoms with Crippen molar-refractivity contribution in [2.45, 2.75) is 13.5 Å². The molecular weight excluding hydrogens is 340 g/mol. The number of esters is 1. The monoisotopic (exact) mass is 360 g/mol. The van der Waals surface area contributed by atoms with Crippen molar-refractivity contribution in [3.05, 3.63) is 51.7 Å². The van der Waals surface area contributed by atoms with Gasteiger partial charge in [-0.15, -0.1) is 11.3 Å². The van der Waals surface area contributed by atoms with Gasteiger partial charge in [-0.3, -0.25) is 9.59 Å². The Morgan fingerprint density at radius 1 is 1.04 bits per heavy atom. The molecule has 1 aromatic carbocycles. The first-order chi connectivity index (χ1) is 11.9. The number of hydrogen-bond donors (Lipinski definition) is 1. The van der Waals surface area contributed by atoms with Crippen LogP contribution in [0.1, 0.15) is 31.8 Å². The van der Waals surface area contributed by atoms with Gasteiger partial charge in [-0.05, 0) is 36.8 Å². The Morgan fingerprint density at radius 3 is 2.24 bits per heavy atom. The first-order valence-corrected chi connectivity index (χ1v) is 8.49. The zero-order chi connectivity index (χ0) is 18.4. The number of Topliss-reactive ketones (excluding diaryl/α,β-unsaturated/α-hetero) is 1. The summed E-state index contributed by atoms with van der Waals surface area (Å²) in [4.78, 5) is 37.6. The molecule has 1 amide bonds. The molecule has 132 valence electrons. The number of carbonyl (C=O) groups excluding carboxylic acids is 3. The second-order valence-corrected chi connectivity index (χ2v) is 6.72. The molecule has 2 rings (SSSR count). The minimum absolute atomic E-state index is 0.109. The second kappa shape index (κ2) is 8.43. The number of amides is 1. The fourth-order valence-corrected chi connectivity index (χ4v) is 2.80. The van der Waals surface area contributed by atoms with Crippen molar-refractivity contribution in [1.29, 1.82) is 0 Å². The van der Waals surface area contributed by atoms with E-state index in [0.717, 1.165) is 22.6 Å². The summed E-state index contributed by atoms with van der Waals surface area (Å²) in [7, 11) is 3.91. The van der Waals surface area contributed by atoms with Gasteiger partial charge in [0.1, 0.15) is 4.88 Å². The summed E-state index contributed by atoms with van der Waals surface area (Å²) in [6, 6.07) is 10.9. The highest BCUT2D eigenvalue weighted by atomic mass is 32.1. The summed E-state index contributed by atoms with van der Waals surface area (Å²) in [6.07, 6.45) is 0. The van der Waals surface area contributed by atoms with Gasteiger partial charge in [-0.1, -0.05) is 12.1 Å². The lowest BCUT2D eigenvalue weighted by Gasteiger charge is -2.13. The van der Waals surface area contributed by atoms with Crippen LogP contribution in [0.3, 0.4) is 0 Å². The van der Waals surface area contributed by atoms with Crippen molar-refractivity contribution in [2.24, 2.45) is 0 Å². The smallest absolute Gasteiger partial charge is 0.348 e. The normalized spacial score (nSPS) is 10.2. The highest BCUT2D eigenvalue weighted by molar-refractivity contribution is 7.15. The van der Waals surface area contributed by atoms with Crippen LogP contribution in [0.4, 0.5) is 5.69 Å². The molecule has 1 aromatic heterocycles. The van der Waals surface area contributed by atoms with Gasteiger partial charge in [0.25, 0.3) is 5.91 Å². The number of anilines is 1. The summed E-state index contributed by atoms with van der Waals surface area (Å²) in [5.41, 5.74) is 2.03. The SMILES string of the molecule is CC(=O)c1ccc(C(=O)OCC(=O)NCc2ccc(N(C)C)cc2)s1. The maximum absolute atomic E-state index is 11.9. The Kier molecular flexibility index (Phi) is 6.30. The van der Waals surface area contributed by atoms with Crippen LogP contribution in [0.25, 0.3) is 0 Å². The minimum atomic E-state index is -0.608. The Morgan fingerprint density at radius 2 is 1.68 bits per heavy atom. The third-order valence-corrected chi connectivity index (χ3v) is 4.60. The van der Waals surface area contributed by atoms with Gasteiger partial charge in [0.15, 0.2) is 12.4 Å². The lowest BCUT2D eigenvalue weighted by molar-refractivity contribution is -0.124. The lowest BCUT2D eigenvalue weighted by atomic mass is 10.2. The van der Waals surface area contributed by atoms with Crippen LogP contribution in [-0.2, 0) is 16.1 Å². The van der Waals surface area contributed by atoms with Gasteiger partial charge in [0.2, 0.25) is 0 Å². The molecule has 0 spiro atoms. The number of ketones is 1. The zero-order valence-electron chi connectivity index (χ0n) is 14.4. The van der Waals surface area contributed by atoms with Gasteiger partial charge in [0, 0.05) is 26.3 Å². The largest absolute Gasteiger partial charge is 0.451 e. The maximum atomic E-state index is 11.9. The topological polar surface area (TPSA) is 75.7 Å². The van der Waals surface area contributed by atoms with E-state index in [4.69, 9.17) is 4.74 Å². The van der Waals surface area contributed by atoms with Gasteiger partial charge in [0.05, 0.1) is 4.88 Å². The van der Waals surface area contributed by atoms with E-state index in [1.807, 2.05) is 43.3 Å². The number of rotatable bonds is 7. The van der Waals surface area contributed by atoms with E-state index in [1.54, 1.807) is 6.07 Å². The maximum Gasteiger partial charge on any atom is 0.348 e. The summed E-state index contributed by atoms with van der Waals surface area (Å²) in [5.74, 6) is -1.10. The number of benzene rings is 1.